The number of carbonyl (C=O) groups is 1. The maximum Gasteiger partial charge on any atom is 0.317 e. The summed E-state index contributed by atoms with van der Waals surface area (Å²) in [6, 6.07) is 1.01. The maximum absolute atomic E-state index is 12.0. The number of hydrogen-bond acceptors (Lipinski definition) is 2. The first-order valence-electron chi connectivity index (χ1n) is 6.54. The molecule has 2 aliphatic heterocycles. The summed E-state index contributed by atoms with van der Waals surface area (Å²) in [4.78, 5) is 14.1. The zero-order valence-corrected chi connectivity index (χ0v) is 10.1. The van der Waals surface area contributed by atoms with Crippen molar-refractivity contribution in [3.05, 3.63) is 0 Å². The molecule has 16 heavy (non-hydrogen) atoms. The summed E-state index contributed by atoms with van der Waals surface area (Å²) < 4.78 is 0. The Morgan fingerprint density at radius 3 is 2.94 bits per heavy atom. The Balaban J connectivity index is 1.88. The number of hydrogen-bond donors (Lipinski definition) is 2. The summed E-state index contributed by atoms with van der Waals surface area (Å²) in [5.74, 6) is 0.538. The van der Waals surface area contributed by atoms with Gasteiger partial charge in [0.05, 0.1) is 0 Å². The quantitative estimate of drug-likeness (QED) is 0.709. The van der Waals surface area contributed by atoms with Gasteiger partial charge in [-0.25, -0.2) is 4.79 Å². The van der Waals surface area contributed by atoms with Crippen molar-refractivity contribution in [3.8, 4) is 0 Å². The minimum atomic E-state index is 0.136. The Labute approximate surface area is 97.6 Å². The molecule has 4 nitrogen and oxygen atoms in total. The third-order valence-corrected chi connectivity index (χ3v) is 4.01. The molecule has 0 saturated carbocycles. The molecule has 0 aromatic rings. The summed E-state index contributed by atoms with van der Waals surface area (Å²) in [5.41, 5.74) is 5.75. The van der Waals surface area contributed by atoms with E-state index in [-0.39, 0.29) is 6.03 Å². The molecule has 3 unspecified atom stereocenters. The van der Waals surface area contributed by atoms with E-state index in [0.29, 0.717) is 18.0 Å². The molecule has 4 heteroatoms. The average molecular weight is 225 g/mol. The van der Waals surface area contributed by atoms with Crippen molar-refractivity contribution in [3.63, 3.8) is 0 Å². The number of nitrogens with two attached hydrogens (primary N) is 1. The number of nitrogens with zero attached hydrogens (tertiary/aromatic N) is 1. The maximum atomic E-state index is 12.0. The predicted molar refractivity (Wildman–Crippen MR) is 64.1 cm³/mol. The standard InChI is InChI=1S/C12H23N3O/c1-2-3-6-14-12(16)15-10-4-5-11(15)9(7-10)8-13/h9-11H,2-8,13H2,1H3,(H,14,16). The molecule has 92 valence electrons. The molecule has 2 bridgehead atoms. The highest BCUT2D eigenvalue weighted by molar-refractivity contribution is 5.75. The van der Waals surface area contributed by atoms with Crippen LogP contribution in [-0.2, 0) is 0 Å². The van der Waals surface area contributed by atoms with Gasteiger partial charge in [0.25, 0.3) is 0 Å². The van der Waals surface area contributed by atoms with Crippen molar-refractivity contribution in [2.24, 2.45) is 11.7 Å². The van der Waals surface area contributed by atoms with Gasteiger partial charge in [0.1, 0.15) is 0 Å². The SMILES string of the molecule is CCCCNC(=O)N1C2CCC1C(CN)C2. The van der Waals surface area contributed by atoms with Crippen LogP contribution in [0, 0.1) is 5.92 Å². The highest BCUT2D eigenvalue weighted by atomic mass is 16.2. The lowest BCUT2D eigenvalue weighted by Crippen LogP contribution is -2.44. The fourth-order valence-corrected chi connectivity index (χ4v) is 3.15. The largest absolute Gasteiger partial charge is 0.338 e. The number of carbonyl (C=O) groups excluding carboxylic acids is 1. The zero-order chi connectivity index (χ0) is 11.5. The van der Waals surface area contributed by atoms with E-state index in [1.54, 1.807) is 0 Å². The van der Waals surface area contributed by atoms with Crippen LogP contribution in [0.3, 0.4) is 0 Å². The molecule has 2 amide bonds. The lowest BCUT2D eigenvalue weighted by atomic mass is 9.89. The molecule has 0 radical (unpaired) electrons. The van der Waals surface area contributed by atoms with E-state index in [1.165, 1.54) is 6.42 Å². The van der Waals surface area contributed by atoms with Crippen LogP contribution in [0.15, 0.2) is 0 Å². The van der Waals surface area contributed by atoms with E-state index < -0.39 is 0 Å². The molecule has 0 aromatic carbocycles. The van der Waals surface area contributed by atoms with Crippen molar-refractivity contribution in [1.82, 2.24) is 10.2 Å². The second-order valence-electron chi connectivity index (χ2n) is 5.02. The van der Waals surface area contributed by atoms with E-state index in [4.69, 9.17) is 5.73 Å². The number of urea groups is 1. The summed E-state index contributed by atoms with van der Waals surface area (Å²) in [7, 11) is 0. The van der Waals surface area contributed by atoms with Crippen molar-refractivity contribution >= 4 is 6.03 Å². The normalized spacial score (nSPS) is 32.1. The Morgan fingerprint density at radius 1 is 1.50 bits per heavy atom. The molecule has 2 saturated heterocycles. The van der Waals surface area contributed by atoms with Gasteiger partial charge in [0.2, 0.25) is 0 Å². The van der Waals surface area contributed by atoms with Gasteiger partial charge in [-0.15, -0.1) is 0 Å². The van der Waals surface area contributed by atoms with E-state index in [2.05, 4.69) is 17.1 Å². The molecule has 2 heterocycles. The molecule has 2 rings (SSSR count). The molecule has 2 aliphatic rings. The lowest BCUT2D eigenvalue weighted by Gasteiger charge is -2.24. The van der Waals surface area contributed by atoms with Crippen molar-refractivity contribution in [2.45, 2.75) is 51.1 Å². The van der Waals surface area contributed by atoms with Crippen molar-refractivity contribution in [1.29, 1.82) is 0 Å². The van der Waals surface area contributed by atoms with Crippen LogP contribution in [0.4, 0.5) is 4.79 Å². The Kier molecular flexibility index (Phi) is 3.69. The smallest absolute Gasteiger partial charge is 0.317 e. The number of unbranched alkanes of at least 4 members (excludes halogenated alkanes) is 1. The van der Waals surface area contributed by atoms with Gasteiger partial charge in [0.15, 0.2) is 0 Å². The molecular weight excluding hydrogens is 202 g/mol. The molecule has 0 aromatic heterocycles. The zero-order valence-electron chi connectivity index (χ0n) is 10.1. The molecule has 3 atom stereocenters. The minimum absolute atomic E-state index is 0.136. The number of rotatable bonds is 4. The van der Waals surface area contributed by atoms with E-state index in [9.17, 15) is 4.79 Å². The first-order chi connectivity index (χ1) is 7.77. The third kappa shape index (κ3) is 2.03. The Hall–Kier alpha value is -0.770. The van der Waals surface area contributed by atoms with Gasteiger partial charge in [-0.1, -0.05) is 13.3 Å². The van der Waals surface area contributed by atoms with Crippen LogP contribution in [0.1, 0.15) is 39.0 Å². The van der Waals surface area contributed by atoms with E-state index >= 15 is 0 Å². The molecule has 0 aliphatic carbocycles. The van der Waals surface area contributed by atoms with Gasteiger partial charge in [-0.05, 0) is 38.1 Å². The summed E-state index contributed by atoms with van der Waals surface area (Å²) in [6.07, 6.45) is 5.62. The second kappa shape index (κ2) is 5.04. The van der Waals surface area contributed by atoms with Crippen molar-refractivity contribution in [2.75, 3.05) is 13.1 Å². The van der Waals surface area contributed by atoms with Crippen LogP contribution < -0.4 is 11.1 Å². The van der Waals surface area contributed by atoms with Gasteiger partial charge < -0.3 is 16.0 Å². The van der Waals surface area contributed by atoms with Gasteiger partial charge in [-0.2, -0.15) is 0 Å². The van der Waals surface area contributed by atoms with Crippen LogP contribution in [-0.4, -0.2) is 36.1 Å². The minimum Gasteiger partial charge on any atom is -0.338 e. The summed E-state index contributed by atoms with van der Waals surface area (Å²) >= 11 is 0. The highest BCUT2D eigenvalue weighted by Gasteiger charge is 2.47. The fraction of sp³-hybridized carbons (Fsp3) is 0.917. The van der Waals surface area contributed by atoms with Gasteiger partial charge in [0, 0.05) is 18.6 Å². The monoisotopic (exact) mass is 225 g/mol. The van der Waals surface area contributed by atoms with Gasteiger partial charge in [-0.3, -0.25) is 0 Å². The molecule has 2 fully saturated rings. The van der Waals surface area contributed by atoms with Gasteiger partial charge >= 0.3 is 6.03 Å². The number of fused-ring (bicyclic) bond motifs is 2. The molecule has 3 N–H and O–H groups in total. The van der Waals surface area contributed by atoms with E-state index in [1.807, 2.05) is 0 Å². The number of amides is 2. The number of nitrogens with one attached hydrogen (secondary N) is 1. The summed E-state index contributed by atoms with van der Waals surface area (Å²) in [5, 5.41) is 3.02. The third-order valence-electron chi connectivity index (χ3n) is 4.01. The van der Waals surface area contributed by atoms with Crippen LogP contribution >= 0.6 is 0 Å². The topological polar surface area (TPSA) is 58.4 Å². The van der Waals surface area contributed by atoms with Crippen LogP contribution in [0.5, 0.6) is 0 Å². The lowest BCUT2D eigenvalue weighted by molar-refractivity contribution is 0.188. The van der Waals surface area contributed by atoms with Crippen molar-refractivity contribution < 1.29 is 4.79 Å². The summed E-state index contributed by atoms with van der Waals surface area (Å²) in [6.45, 7) is 3.66. The molecule has 0 spiro atoms. The van der Waals surface area contributed by atoms with E-state index in [0.717, 1.165) is 38.8 Å². The molecular formula is C12H23N3O. The Morgan fingerprint density at radius 2 is 2.31 bits per heavy atom. The average Bonchev–Trinajstić information content (AvgIpc) is 2.85. The first-order valence-corrected chi connectivity index (χ1v) is 6.54. The predicted octanol–water partition coefficient (Wildman–Crippen LogP) is 1.31. The highest BCUT2D eigenvalue weighted by Crippen LogP contribution is 2.40. The Bertz CT molecular complexity index is 257. The first kappa shape index (κ1) is 11.7. The van der Waals surface area contributed by atoms with Crippen LogP contribution in [0.25, 0.3) is 0 Å². The second-order valence-corrected chi connectivity index (χ2v) is 5.02. The van der Waals surface area contributed by atoms with Crippen LogP contribution in [0.2, 0.25) is 0 Å². The fourth-order valence-electron chi connectivity index (χ4n) is 3.15.